The highest BCUT2D eigenvalue weighted by Crippen LogP contribution is 2.37. The zero-order valence-electron chi connectivity index (χ0n) is 12.7. The Kier molecular flexibility index (Phi) is 3.38. The molecule has 0 bridgehead atoms. The average molecular weight is 290 g/mol. The van der Waals surface area contributed by atoms with Gasteiger partial charge in [-0.3, -0.25) is 19.3 Å². The van der Waals surface area contributed by atoms with E-state index in [1.807, 2.05) is 4.90 Å². The van der Waals surface area contributed by atoms with E-state index in [1.165, 1.54) is 17.1 Å². The maximum Gasteiger partial charge on any atom is 0.253 e. The van der Waals surface area contributed by atoms with Crippen molar-refractivity contribution < 1.29 is 14.4 Å². The molecule has 0 spiro atoms. The largest absolute Gasteiger partial charge is 0.333 e. The van der Waals surface area contributed by atoms with Crippen molar-refractivity contribution in [3.05, 3.63) is 12.2 Å². The first-order valence-corrected chi connectivity index (χ1v) is 7.73. The molecular weight excluding hydrogens is 268 g/mol. The number of rotatable bonds is 3. The molecule has 21 heavy (non-hydrogen) atoms. The Hall–Kier alpha value is -1.65. The summed E-state index contributed by atoms with van der Waals surface area (Å²) >= 11 is 0. The summed E-state index contributed by atoms with van der Waals surface area (Å²) in [4.78, 5) is 38.7. The maximum atomic E-state index is 12.3. The number of nitrogens with zero attached hydrogens (tertiary/aromatic N) is 2. The molecule has 1 saturated carbocycles. The molecule has 2 heterocycles. The van der Waals surface area contributed by atoms with Gasteiger partial charge in [-0.2, -0.15) is 0 Å². The van der Waals surface area contributed by atoms with Gasteiger partial charge in [-0.15, -0.1) is 0 Å². The predicted molar refractivity (Wildman–Crippen MR) is 77.1 cm³/mol. The van der Waals surface area contributed by atoms with Crippen LogP contribution in [0.2, 0.25) is 0 Å². The monoisotopic (exact) mass is 290 g/mol. The Morgan fingerprint density at radius 2 is 1.67 bits per heavy atom. The molecule has 0 atom stereocenters. The van der Waals surface area contributed by atoms with E-state index in [0.29, 0.717) is 12.5 Å². The van der Waals surface area contributed by atoms with E-state index in [1.54, 1.807) is 0 Å². The Morgan fingerprint density at radius 1 is 1.14 bits per heavy atom. The molecule has 1 saturated heterocycles. The van der Waals surface area contributed by atoms with Crippen molar-refractivity contribution in [3.63, 3.8) is 0 Å². The van der Waals surface area contributed by atoms with Crippen molar-refractivity contribution in [1.29, 1.82) is 0 Å². The summed E-state index contributed by atoms with van der Waals surface area (Å²) < 4.78 is 0. The number of carbonyl (C=O) groups excluding carboxylic acids is 3. The fourth-order valence-corrected chi connectivity index (χ4v) is 3.41. The van der Waals surface area contributed by atoms with Gasteiger partial charge in [-0.05, 0) is 45.4 Å². The molecular formula is C16H22N2O3. The molecule has 0 aromatic rings. The minimum Gasteiger partial charge on any atom is -0.333 e. The molecule has 114 valence electrons. The molecule has 3 rings (SSSR count). The first-order chi connectivity index (χ1) is 9.88. The van der Waals surface area contributed by atoms with E-state index in [2.05, 4.69) is 13.8 Å². The number of carbonyl (C=O) groups is 3. The van der Waals surface area contributed by atoms with E-state index in [-0.39, 0.29) is 29.2 Å². The second-order valence-corrected chi connectivity index (χ2v) is 7.07. The van der Waals surface area contributed by atoms with Crippen LogP contribution in [-0.4, -0.2) is 46.1 Å². The van der Waals surface area contributed by atoms with Crippen LogP contribution >= 0.6 is 0 Å². The molecule has 2 fully saturated rings. The highest BCUT2D eigenvalue weighted by Gasteiger charge is 2.48. The van der Waals surface area contributed by atoms with Crippen LogP contribution in [0, 0.1) is 11.8 Å². The van der Waals surface area contributed by atoms with Crippen LogP contribution in [0.3, 0.4) is 0 Å². The van der Waals surface area contributed by atoms with Gasteiger partial charge in [-0.1, -0.05) is 0 Å². The van der Waals surface area contributed by atoms with Gasteiger partial charge in [0.05, 0.1) is 5.54 Å². The molecule has 5 nitrogen and oxygen atoms in total. The second kappa shape index (κ2) is 4.97. The third-order valence-electron chi connectivity index (χ3n) is 4.98. The predicted octanol–water partition coefficient (Wildman–Crippen LogP) is 1.34. The van der Waals surface area contributed by atoms with Gasteiger partial charge in [0.2, 0.25) is 5.91 Å². The van der Waals surface area contributed by atoms with Crippen molar-refractivity contribution in [3.8, 4) is 0 Å². The number of hydrogen-bond acceptors (Lipinski definition) is 3. The lowest BCUT2D eigenvalue weighted by Crippen LogP contribution is -2.37. The summed E-state index contributed by atoms with van der Waals surface area (Å²) in [5.41, 5.74) is 0.0496. The summed E-state index contributed by atoms with van der Waals surface area (Å²) in [5.74, 6) is 0.344. The Morgan fingerprint density at radius 3 is 2.14 bits per heavy atom. The van der Waals surface area contributed by atoms with E-state index in [9.17, 15) is 14.4 Å². The van der Waals surface area contributed by atoms with Gasteiger partial charge in [0.15, 0.2) is 0 Å². The van der Waals surface area contributed by atoms with Crippen LogP contribution in [0.4, 0.5) is 0 Å². The van der Waals surface area contributed by atoms with Crippen LogP contribution in [0.15, 0.2) is 12.2 Å². The standard InChI is InChI=1S/C16H22N2O3/c1-16(2)10-18(16)15(21)12-5-3-11(4-6-12)9-17-13(19)7-8-14(17)20/h7-8,11-12H,3-6,9-10H2,1-2H3. The van der Waals surface area contributed by atoms with Crippen molar-refractivity contribution in [1.82, 2.24) is 9.80 Å². The lowest BCUT2D eigenvalue weighted by molar-refractivity contribution is -0.138. The first kappa shape index (κ1) is 14.3. The quantitative estimate of drug-likeness (QED) is 0.582. The Labute approximate surface area is 125 Å². The van der Waals surface area contributed by atoms with Crippen LogP contribution < -0.4 is 0 Å². The second-order valence-electron chi connectivity index (χ2n) is 7.07. The molecule has 3 aliphatic rings. The normalized spacial score (nSPS) is 31.0. The summed E-state index contributed by atoms with van der Waals surface area (Å²) in [5, 5.41) is 0. The fraction of sp³-hybridized carbons (Fsp3) is 0.688. The zero-order valence-corrected chi connectivity index (χ0v) is 12.7. The van der Waals surface area contributed by atoms with Crippen molar-refractivity contribution in [2.24, 2.45) is 11.8 Å². The molecule has 2 aliphatic heterocycles. The molecule has 5 heteroatoms. The zero-order chi connectivity index (χ0) is 15.2. The van der Waals surface area contributed by atoms with E-state index >= 15 is 0 Å². The number of hydrogen-bond donors (Lipinski definition) is 0. The summed E-state index contributed by atoms with van der Waals surface area (Å²) in [6.07, 6.45) is 6.25. The van der Waals surface area contributed by atoms with Crippen molar-refractivity contribution in [2.75, 3.05) is 13.1 Å². The molecule has 0 N–H and O–H groups in total. The maximum absolute atomic E-state index is 12.3. The first-order valence-electron chi connectivity index (χ1n) is 7.73. The van der Waals surface area contributed by atoms with Crippen LogP contribution in [0.1, 0.15) is 39.5 Å². The van der Waals surface area contributed by atoms with Crippen molar-refractivity contribution in [2.45, 2.75) is 45.1 Å². The van der Waals surface area contributed by atoms with E-state index < -0.39 is 0 Å². The molecule has 0 aromatic carbocycles. The van der Waals surface area contributed by atoms with E-state index in [4.69, 9.17) is 0 Å². The van der Waals surface area contributed by atoms with Gasteiger partial charge < -0.3 is 4.90 Å². The highest BCUT2D eigenvalue weighted by atomic mass is 16.2. The summed E-state index contributed by atoms with van der Waals surface area (Å²) in [6, 6.07) is 0. The third-order valence-corrected chi connectivity index (χ3v) is 4.98. The minimum absolute atomic E-state index is 0.0496. The number of amides is 3. The van der Waals surface area contributed by atoms with Crippen molar-refractivity contribution >= 4 is 17.7 Å². The Bertz CT molecular complexity index is 498. The molecule has 0 radical (unpaired) electrons. The van der Waals surface area contributed by atoms with Gasteiger partial charge in [-0.25, -0.2) is 0 Å². The van der Waals surface area contributed by atoms with Gasteiger partial charge >= 0.3 is 0 Å². The van der Waals surface area contributed by atoms with Gasteiger partial charge in [0.1, 0.15) is 0 Å². The third kappa shape index (κ3) is 2.74. The molecule has 1 aliphatic carbocycles. The SMILES string of the molecule is CC1(C)CN1C(=O)C1CCC(CN2C(=O)C=CC2=O)CC1. The fourth-order valence-electron chi connectivity index (χ4n) is 3.41. The van der Waals surface area contributed by atoms with Crippen LogP contribution in [0.5, 0.6) is 0 Å². The molecule has 3 amide bonds. The minimum atomic E-state index is -0.205. The lowest BCUT2D eigenvalue weighted by atomic mass is 9.81. The summed E-state index contributed by atoms with van der Waals surface area (Å²) in [7, 11) is 0. The van der Waals surface area contributed by atoms with Gasteiger partial charge in [0.25, 0.3) is 11.8 Å². The Balaban J connectivity index is 1.48. The van der Waals surface area contributed by atoms with Crippen LogP contribution in [0.25, 0.3) is 0 Å². The summed E-state index contributed by atoms with van der Waals surface area (Å²) in [6.45, 7) is 5.55. The molecule has 0 aromatic heterocycles. The van der Waals surface area contributed by atoms with Crippen LogP contribution in [-0.2, 0) is 14.4 Å². The highest BCUT2D eigenvalue weighted by molar-refractivity contribution is 6.12. The van der Waals surface area contributed by atoms with E-state index in [0.717, 1.165) is 32.2 Å². The average Bonchev–Trinajstić information content (AvgIpc) is 2.99. The lowest BCUT2D eigenvalue weighted by Gasteiger charge is -2.30. The van der Waals surface area contributed by atoms with Gasteiger partial charge in [0, 0.05) is 31.2 Å². The smallest absolute Gasteiger partial charge is 0.253 e. The molecule has 0 unspecified atom stereocenters. The topological polar surface area (TPSA) is 57.5 Å². The number of imide groups is 1.